The van der Waals surface area contributed by atoms with Crippen LogP contribution in [0.5, 0.6) is 0 Å². The van der Waals surface area contributed by atoms with Crippen LogP contribution < -0.4 is 10.6 Å². The van der Waals surface area contributed by atoms with Crippen molar-refractivity contribution in [2.45, 2.75) is 64.0 Å². The Bertz CT molecular complexity index is 1230. The van der Waals surface area contributed by atoms with Gasteiger partial charge in [0.15, 0.2) is 0 Å². The molecule has 3 aromatic rings. The normalized spacial score (nSPS) is 18.9. The van der Waals surface area contributed by atoms with Crippen molar-refractivity contribution in [3.8, 4) is 0 Å². The summed E-state index contributed by atoms with van der Waals surface area (Å²) in [5.74, 6) is -0.826. The Morgan fingerprint density at radius 3 is 2.42 bits per heavy atom. The number of piperidine rings is 1. The Labute approximate surface area is 224 Å². The van der Waals surface area contributed by atoms with Crippen LogP contribution >= 0.6 is 0 Å². The molecule has 0 radical (unpaired) electrons. The zero-order valence-electron chi connectivity index (χ0n) is 22.4. The van der Waals surface area contributed by atoms with Crippen LogP contribution in [0.3, 0.4) is 0 Å². The molecule has 8 heteroatoms. The summed E-state index contributed by atoms with van der Waals surface area (Å²) in [6, 6.07) is 16.7. The third-order valence-corrected chi connectivity index (χ3v) is 7.33. The zero-order valence-corrected chi connectivity index (χ0v) is 22.4. The molecule has 38 heavy (non-hydrogen) atoms. The lowest BCUT2D eigenvalue weighted by atomic mass is 9.76. The van der Waals surface area contributed by atoms with E-state index in [1.54, 1.807) is 6.20 Å². The van der Waals surface area contributed by atoms with Crippen LogP contribution in [0.4, 0.5) is 0 Å². The highest BCUT2D eigenvalue weighted by molar-refractivity contribution is 5.92. The fourth-order valence-electron chi connectivity index (χ4n) is 5.23. The summed E-state index contributed by atoms with van der Waals surface area (Å²) in [6.45, 7) is 6.82. The number of aromatic nitrogens is 2. The lowest BCUT2D eigenvalue weighted by Gasteiger charge is -2.42. The number of carbonyl (C=O) groups is 3. The molecule has 2 aromatic carbocycles. The number of amides is 3. The maximum atomic E-state index is 14.0. The van der Waals surface area contributed by atoms with E-state index in [1.807, 2.05) is 54.3 Å². The number of hydrogen-bond donors (Lipinski definition) is 3. The fourth-order valence-corrected chi connectivity index (χ4v) is 5.23. The molecule has 0 spiro atoms. The van der Waals surface area contributed by atoms with E-state index < -0.39 is 18.0 Å². The summed E-state index contributed by atoms with van der Waals surface area (Å²) in [4.78, 5) is 48.2. The van der Waals surface area contributed by atoms with Crippen LogP contribution in [-0.2, 0) is 32.6 Å². The first-order valence-electron chi connectivity index (χ1n) is 13.2. The minimum atomic E-state index is -0.836. The Morgan fingerprint density at radius 1 is 1.03 bits per heavy atom. The molecule has 3 N–H and O–H groups in total. The standard InChI is InChI=1S/C30H37N5O3/c1-21-10-12-23(13-11-21)16-27(34-28(37)26(33-22(2)36)17-25-18-31-20-32-25)29(38)35-15-7-14-30(3,19-35)24-8-5-4-6-9-24/h4-6,8-13,18,20,26-27H,7,14-17,19H2,1-3H3,(H,31,32)(H,33,36)(H,34,37)/t26-,27-,30?/m0/s1. The van der Waals surface area contributed by atoms with Gasteiger partial charge in [0.2, 0.25) is 17.7 Å². The van der Waals surface area contributed by atoms with Gasteiger partial charge >= 0.3 is 0 Å². The first-order valence-corrected chi connectivity index (χ1v) is 13.2. The predicted molar refractivity (Wildman–Crippen MR) is 146 cm³/mol. The van der Waals surface area contributed by atoms with Crippen LogP contribution in [0.25, 0.3) is 0 Å². The lowest BCUT2D eigenvalue weighted by Crippen LogP contribution is -2.58. The number of benzene rings is 2. The second-order valence-corrected chi connectivity index (χ2v) is 10.6. The van der Waals surface area contributed by atoms with Crippen LogP contribution in [0.2, 0.25) is 0 Å². The molecule has 1 fully saturated rings. The summed E-state index contributed by atoms with van der Waals surface area (Å²) >= 11 is 0. The van der Waals surface area contributed by atoms with Crippen molar-refractivity contribution < 1.29 is 14.4 Å². The molecular weight excluding hydrogens is 478 g/mol. The van der Waals surface area contributed by atoms with Gasteiger partial charge in [0.25, 0.3) is 0 Å². The van der Waals surface area contributed by atoms with Crippen LogP contribution in [0, 0.1) is 6.92 Å². The summed E-state index contributed by atoms with van der Waals surface area (Å²) in [5, 5.41) is 5.71. The zero-order chi connectivity index (χ0) is 27.1. The number of carbonyl (C=O) groups excluding carboxylic acids is 3. The molecule has 1 aliphatic rings. The lowest BCUT2D eigenvalue weighted by molar-refractivity contribution is -0.139. The van der Waals surface area contributed by atoms with E-state index >= 15 is 0 Å². The molecule has 1 aliphatic heterocycles. The van der Waals surface area contributed by atoms with E-state index in [1.165, 1.54) is 18.8 Å². The topological polar surface area (TPSA) is 107 Å². The van der Waals surface area contributed by atoms with Gasteiger partial charge in [-0.25, -0.2) is 4.98 Å². The van der Waals surface area contributed by atoms with Crippen molar-refractivity contribution in [3.63, 3.8) is 0 Å². The maximum absolute atomic E-state index is 14.0. The quantitative estimate of drug-likeness (QED) is 0.407. The fraction of sp³-hybridized carbons (Fsp3) is 0.400. The first kappa shape index (κ1) is 27.1. The molecule has 0 saturated carbocycles. The maximum Gasteiger partial charge on any atom is 0.245 e. The molecule has 1 unspecified atom stereocenters. The van der Waals surface area contributed by atoms with Gasteiger partial charge in [-0.05, 0) is 30.9 Å². The summed E-state index contributed by atoms with van der Waals surface area (Å²) < 4.78 is 0. The third kappa shape index (κ3) is 6.88. The van der Waals surface area contributed by atoms with Crippen molar-refractivity contribution in [2.24, 2.45) is 0 Å². The number of aryl methyl sites for hydroxylation is 1. The monoisotopic (exact) mass is 515 g/mol. The Kier molecular flexibility index (Phi) is 8.61. The van der Waals surface area contributed by atoms with Gasteiger partial charge in [-0.2, -0.15) is 0 Å². The van der Waals surface area contributed by atoms with Gasteiger partial charge in [0, 0.05) is 50.2 Å². The number of nitrogens with one attached hydrogen (secondary N) is 3. The van der Waals surface area contributed by atoms with Crippen LogP contribution in [-0.4, -0.2) is 57.8 Å². The summed E-state index contributed by atoms with van der Waals surface area (Å²) in [7, 11) is 0. The van der Waals surface area contributed by atoms with E-state index in [0.717, 1.165) is 29.7 Å². The van der Waals surface area contributed by atoms with Crippen molar-refractivity contribution in [2.75, 3.05) is 13.1 Å². The second kappa shape index (κ2) is 12.1. The summed E-state index contributed by atoms with van der Waals surface area (Å²) in [5.41, 5.74) is 3.85. The minimum absolute atomic E-state index is 0.108. The number of rotatable bonds is 9. The highest BCUT2D eigenvalue weighted by Gasteiger charge is 2.37. The van der Waals surface area contributed by atoms with Gasteiger partial charge in [-0.15, -0.1) is 0 Å². The highest BCUT2D eigenvalue weighted by atomic mass is 16.2. The molecule has 3 atom stereocenters. The van der Waals surface area contributed by atoms with Crippen LogP contribution in [0.15, 0.2) is 67.1 Å². The van der Waals surface area contributed by atoms with E-state index in [-0.39, 0.29) is 23.7 Å². The Morgan fingerprint density at radius 2 is 1.76 bits per heavy atom. The van der Waals surface area contributed by atoms with E-state index in [0.29, 0.717) is 19.5 Å². The smallest absolute Gasteiger partial charge is 0.245 e. The number of imidazole rings is 1. The van der Waals surface area contributed by atoms with E-state index in [9.17, 15) is 14.4 Å². The number of hydrogen-bond acceptors (Lipinski definition) is 4. The molecule has 2 heterocycles. The largest absolute Gasteiger partial charge is 0.348 e. The molecule has 1 aromatic heterocycles. The Balaban J connectivity index is 1.56. The molecular formula is C30H37N5O3. The second-order valence-electron chi connectivity index (χ2n) is 10.6. The minimum Gasteiger partial charge on any atom is -0.348 e. The molecule has 0 bridgehead atoms. The highest BCUT2D eigenvalue weighted by Crippen LogP contribution is 2.34. The molecule has 0 aliphatic carbocycles. The van der Waals surface area contributed by atoms with Gasteiger partial charge in [0.1, 0.15) is 12.1 Å². The number of likely N-dealkylation sites (tertiary alicyclic amines) is 1. The van der Waals surface area contributed by atoms with E-state index in [2.05, 4.69) is 39.7 Å². The average molecular weight is 516 g/mol. The molecule has 1 saturated heterocycles. The average Bonchev–Trinajstić information content (AvgIpc) is 3.42. The van der Waals surface area contributed by atoms with Gasteiger partial charge < -0.3 is 20.5 Å². The number of nitrogens with zero attached hydrogens (tertiary/aromatic N) is 2. The predicted octanol–water partition coefficient (Wildman–Crippen LogP) is 3.07. The molecule has 8 nitrogen and oxygen atoms in total. The van der Waals surface area contributed by atoms with Gasteiger partial charge in [-0.3, -0.25) is 14.4 Å². The van der Waals surface area contributed by atoms with Crippen molar-refractivity contribution in [3.05, 3.63) is 89.5 Å². The Hall–Kier alpha value is -3.94. The van der Waals surface area contributed by atoms with Crippen molar-refractivity contribution >= 4 is 17.7 Å². The molecule has 3 amide bonds. The number of aromatic amines is 1. The third-order valence-electron chi connectivity index (χ3n) is 7.33. The summed E-state index contributed by atoms with van der Waals surface area (Å²) in [6.07, 6.45) is 5.63. The van der Waals surface area contributed by atoms with Gasteiger partial charge in [-0.1, -0.05) is 67.1 Å². The van der Waals surface area contributed by atoms with Crippen LogP contribution in [0.1, 0.15) is 49.1 Å². The molecule has 200 valence electrons. The number of H-pyrrole nitrogens is 1. The van der Waals surface area contributed by atoms with Gasteiger partial charge in [0.05, 0.1) is 6.33 Å². The molecule has 4 rings (SSSR count). The van der Waals surface area contributed by atoms with E-state index in [4.69, 9.17) is 0 Å². The van der Waals surface area contributed by atoms with Crippen molar-refractivity contribution in [1.82, 2.24) is 25.5 Å². The van der Waals surface area contributed by atoms with Crippen molar-refractivity contribution in [1.29, 1.82) is 0 Å². The SMILES string of the molecule is CC(=O)N[C@@H](Cc1cnc[nH]1)C(=O)N[C@@H](Cc1ccc(C)cc1)C(=O)N1CCCC(C)(c2ccccc2)C1. The first-order chi connectivity index (χ1) is 18.2.